The Balaban J connectivity index is 2.10. The van der Waals surface area contributed by atoms with Gasteiger partial charge in [-0.1, -0.05) is 19.1 Å². The fourth-order valence-electron chi connectivity index (χ4n) is 3.26. The van der Waals surface area contributed by atoms with Crippen molar-refractivity contribution in [3.8, 4) is 0 Å². The summed E-state index contributed by atoms with van der Waals surface area (Å²) < 4.78 is 1.72. The molecule has 0 aliphatic carbocycles. The highest BCUT2D eigenvalue weighted by Crippen LogP contribution is 2.24. The molecular weight excluding hydrogens is 354 g/mol. The maximum Gasteiger partial charge on any atom is 0.261 e. The number of hydrogen-bond donors (Lipinski definition) is 3. The molecule has 2 heterocycles. The molecule has 0 saturated carbocycles. The first kappa shape index (κ1) is 19.5. The predicted octanol–water partition coefficient (Wildman–Crippen LogP) is 3.20. The lowest BCUT2D eigenvalue weighted by Crippen LogP contribution is -2.29. The monoisotopic (exact) mass is 379 g/mol. The summed E-state index contributed by atoms with van der Waals surface area (Å²) >= 11 is 0. The number of aromatic nitrogens is 4. The molecule has 3 rings (SSSR count). The van der Waals surface area contributed by atoms with Crippen LogP contribution in [-0.2, 0) is 6.54 Å². The van der Waals surface area contributed by atoms with Crippen LogP contribution in [0.5, 0.6) is 0 Å². The summed E-state index contributed by atoms with van der Waals surface area (Å²) in [5, 5.41) is 15.0. The van der Waals surface area contributed by atoms with Crippen LogP contribution in [0, 0.1) is 5.41 Å². The third-order valence-corrected chi connectivity index (χ3v) is 4.54. The number of para-hydroxylation sites is 1. The lowest BCUT2D eigenvalue weighted by molar-refractivity contribution is 0.583. The van der Waals surface area contributed by atoms with Gasteiger partial charge in [0.05, 0.1) is 22.5 Å². The molecule has 0 spiro atoms. The number of benzene rings is 1. The molecule has 0 aliphatic heterocycles. The van der Waals surface area contributed by atoms with E-state index in [0.29, 0.717) is 46.2 Å². The van der Waals surface area contributed by atoms with E-state index in [-0.39, 0.29) is 11.6 Å². The van der Waals surface area contributed by atoms with E-state index in [1.807, 2.05) is 32.0 Å². The zero-order valence-corrected chi connectivity index (χ0v) is 16.6. The fraction of sp³-hybridized carbons (Fsp3) is 0.350. The summed E-state index contributed by atoms with van der Waals surface area (Å²) in [7, 11) is 1.76. The Kier molecular flexibility index (Phi) is 5.67. The quantitative estimate of drug-likeness (QED) is 0.544. The topological polar surface area (TPSA) is 109 Å². The summed E-state index contributed by atoms with van der Waals surface area (Å²) in [6, 6.07) is 7.09. The lowest BCUT2D eigenvalue weighted by atomic mass is 10.1. The van der Waals surface area contributed by atoms with Crippen molar-refractivity contribution in [2.45, 2.75) is 39.8 Å². The van der Waals surface area contributed by atoms with Crippen LogP contribution in [0.25, 0.3) is 10.9 Å². The summed E-state index contributed by atoms with van der Waals surface area (Å²) in [5.74, 6) is 1.75. The average molecular weight is 379 g/mol. The highest BCUT2D eigenvalue weighted by Gasteiger charge is 2.19. The molecule has 8 heteroatoms. The van der Waals surface area contributed by atoms with Gasteiger partial charge in [-0.3, -0.25) is 9.36 Å². The van der Waals surface area contributed by atoms with Gasteiger partial charge in [0.2, 0.25) is 0 Å². The van der Waals surface area contributed by atoms with Gasteiger partial charge in [-0.25, -0.2) is 15.0 Å². The van der Waals surface area contributed by atoms with E-state index in [0.717, 1.165) is 6.42 Å². The number of anilines is 2. The van der Waals surface area contributed by atoms with E-state index in [2.05, 4.69) is 20.6 Å². The van der Waals surface area contributed by atoms with Crippen LogP contribution >= 0.6 is 0 Å². The lowest BCUT2D eigenvalue weighted by Gasteiger charge is -2.21. The van der Waals surface area contributed by atoms with Gasteiger partial charge in [0.25, 0.3) is 5.56 Å². The van der Waals surface area contributed by atoms with Gasteiger partial charge in [-0.05, 0) is 32.4 Å². The molecule has 28 heavy (non-hydrogen) atoms. The SMILES string of the molecule is CCCn1c(C(C)Nc2ncnc(NC)c2C(C)=N)nc2ccccc2c1=O. The van der Waals surface area contributed by atoms with Crippen LogP contribution in [0.15, 0.2) is 35.4 Å². The Hall–Kier alpha value is -3.29. The highest BCUT2D eigenvalue weighted by atomic mass is 16.1. The largest absolute Gasteiger partial charge is 0.372 e. The zero-order valence-electron chi connectivity index (χ0n) is 16.6. The number of rotatable bonds is 7. The van der Waals surface area contributed by atoms with Crippen molar-refractivity contribution in [2.24, 2.45) is 0 Å². The molecule has 0 bridgehead atoms. The van der Waals surface area contributed by atoms with E-state index in [1.54, 1.807) is 24.6 Å². The smallest absolute Gasteiger partial charge is 0.261 e. The Morgan fingerprint density at radius 1 is 1.25 bits per heavy atom. The van der Waals surface area contributed by atoms with Crippen molar-refractivity contribution in [1.82, 2.24) is 19.5 Å². The molecule has 1 aromatic carbocycles. The Morgan fingerprint density at radius 2 is 1.96 bits per heavy atom. The predicted molar refractivity (Wildman–Crippen MR) is 112 cm³/mol. The second-order valence-electron chi connectivity index (χ2n) is 6.63. The van der Waals surface area contributed by atoms with E-state index in [9.17, 15) is 4.79 Å². The molecule has 0 fully saturated rings. The van der Waals surface area contributed by atoms with Gasteiger partial charge < -0.3 is 16.0 Å². The van der Waals surface area contributed by atoms with Gasteiger partial charge in [-0.2, -0.15) is 0 Å². The second-order valence-corrected chi connectivity index (χ2v) is 6.63. The third kappa shape index (κ3) is 3.58. The van der Waals surface area contributed by atoms with Crippen LogP contribution in [-0.4, -0.2) is 32.3 Å². The van der Waals surface area contributed by atoms with Crippen LogP contribution in [0.4, 0.5) is 11.6 Å². The first-order chi connectivity index (χ1) is 13.5. The van der Waals surface area contributed by atoms with Crippen molar-refractivity contribution >= 4 is 28.3 Å². The first-order valence-corrected chi connectivity index (χ1v) is 9.32. The first-order valence-electron chi connectivity index (χ1n) is 9.32. The average Bonchev–Trinajstić information content (AvgIpc) is 2.69. The third-order valence-electron chi connectivity index (χ3n) is 4.54. The van der Waals surface area contributed by atoms with Crippen LogP contribution < -0.4 is 16.2 Å². The minimum absolute atomic E-state index is 0.0434. The van der Waals surface area contributed by atoms with Gasteiger partial charge in [0, 0.05) is 19.3 Å². The number of fused-ring (bicyclic) bond motifs is 1. The van der Waals surface area contributed by atoms with Crippen LogP contribution in [0.3, 0.4) is 0 Å². The van der Waals surface area contributed by atoms with Crippen molar-refractivity contribution in [3.63, 3.8) is 0 Å². The number of nitrogens with one attached hydrogen (secondary N) is 3. The molecule has 2 aromatic heterocycles. The minimum atomic E-state index is -0.290. The summed E-state index contributed by atoms with van der Waals surface area (Å²) in [6.45, 7) is 6.24. The molecule has 3 aromatic rings. The molecule has 0 amide bonds. The van der Waals surface area contributed by atoms with Crippen molar-refractivity contribution in [2.75, 3.05) is 17.7 Å². The summed E-state index contributed by atoms with van der Waals surface area (Å²) in [6.07, 6.45) is 2.27. The van der Waals surface area contributed by atoms with Crippen molar-refractivity contribution < 1.29 is 0 Å². The van der Waals surface area contributed by atoms with Gasteiger partial charge in [0.1, 0.15) is 23.8 Å². The molecule has 1 atom stereocenters. The van der Waals surface area contributed by atoms with E-state index in [1.165, 1.54) is 6.33 Å². The minimum Gasteiger partial charge on any atom is -0.372 e. The van der Waals surface area contributed by atoms with Gasteiger partial charge >= 0.3 is 0 Å². The summed E-state index contributed by atoms with van der Waals surface area (Å²) in [4.78, 5) is 26.3. The molecule has 3 N–H and O–H groups in total. The molecular formula is C20H25N7O. The molecule has 0 aliphatic rings. The molecule has 1 unspecified atom stereocenters. The van der Waals surface area contributed by atoms with E-state index >= 15 is 0 Å². The molecule has 0 saturated heterocycles. The van der Waals surface area contributed by atoms with Crippen LogP contribution in [0.1, 0.15) is 44.6 Å². The normalized spacial score (nSPS) is 12.0. The maximum absolute atomic E-state index is 13.0. The van der Waals surface area contributed by atoms with E-state index in [4.69, 9.17) is 10.4 Å². The van der Waals surface area contributed by atoms with Crippen molar-refractivity contribution in [3.05, 3.63) is 52.3 Å². The Labute approximate surface area is 163 Å². The Bertz CT molecular complexity index is 1070. The molecule has 8 nitrogen and oxygen atoms in total. The van der Waals surface area contributed by atoms with Crippen LogP contribution in [0.2, 0.25) is 0 Å². The van der Waals surface area contributed by atoms with Gasteiger partial charge in [0.15, 0.2) is 0 Å². The zero-order chi connectivity index (χ0) is 20.3. The maximum atomic E-state index is 13.0. The highest BCUT2D eigenvalue weighted by molar-refractivity contribution is 6.04. The fourth-order valence-corrected chi connectivity index (χ4v) is 3.26. The number of nitrogens with zero attached hydrogens (tertiary/aromatic N) is 4. The molecule has 146 valence electrons. The second kappa shape index (κ2) is 8.16. The Morgan fingerprint density at radius 3 is 2.64 bits per heavy atom. The van der Waals surface area contributed by atoms with E-state index < -0.39 is 0 Å². The van der Waals surface area contributed by atoms with Gasteiger partial charge in [-0.15, -0.1) is 0 Å². The summed E-state index contributed by atoms with van der Waals surface area (Å²) in [5.41, 5.74) is 1.57. The van der Waals surface area contributed by atoms with Crippen molar-refractivity contribution in [1.29, 1.82) is 5.41 Å². The number of hydrogen-bond acceptors (Lipinski definition) is 7. The standard InChI is InChI=1S/C20H25N7O/c1-5-10-27-19(26-15-9-7-6-8-14(15)20(27)28)13(3)25-18-16(12(2)21)17(22-4)23-11-24-18/h6-9,11,13,21H,5,10H2,1-4H3,(H2,22,23,24,25). The molecule has 0 radical (unpaired) electrons.